The second kappa shape index (κ2) is 5.01. The van der Waals surface area contributed by atoms with Crippen LogP contribution in [0, 0.1) is 0 Å². The van der Waals surface area contributed by atoms with E-state index in [2.05, 4.69) is 31.1 Å². The molecule has 1 aliphatic heterocycles. The minimum Gasteiger partial charge on any atom is -0.379 e. The highest BCUT2D eigenvalue weighted by atomic mass is 79.9. The lowest BCUT2D eigenvalue weighted by Crippen LogP contribution is -2.21. The zero-order chi connectivity index (χ0) is 11.5. The molecule has 1 aromatic heterocycles. The number of hydrogen-bond acceptors (Lipinski definition) is 4. The molecule has 1 aromatic rings. The minimum atomic E-state index is 0.404. The van der Waals surface area contributed by atoms with Crippen LogP contribution in [0.4, 0.5) is 11.4 Å². The molecule has 5 heteroatoms. The van der Waals surface area contributed by atoms with E-state index in [0.29, 0.717) is 6.04 Å². The zero-order valence-corrected chi connectivity index (χ0v) is 11.1. The summed E-state index contributed by atoms with van der Waals surface area (Å²) in [7, 11) is 4.05. The summed E-state index contributed by atoms with van der Waals surface area (Å²) in [6.45, 7) is 1.63. The Morgan fingerprint density at radius 2 is 2.38 bits per heavy atom. The van der Waals surface area contributed by atoms with Gasteiger partial charge in [-0.05, 0) is 28.4 Å². The Kier molecular flexibility index (Phi) is 3.66. The monoisotopic (exact) mass is 285 g/mol. The lowest BCUT2D eigenvalue weighted by molar-refractivity contribution is 0.195. The van der Waals surface area contributed by atoms with Crippen LogP contribution < -0.4 is 10.2 Å². The van der Waals surface area contributed by atoms with Crippen molar-refractivity contribution in [2.75, 3.05) is 37.5 Å². The Hall–Kier alpha value is -0.810. The van der Waals surface area contributed by atoms with Crippen molar-refractivity contribution in [2.24, 2.45) is 0 Å². The summed E-state index contributed by atoms with van der Waals surface area (Å²) in [5, 5.41) is 3.47. The van der Waals surface area contributed by atoms with Crippen molar-refractivity contribution < 1.29 is 4.74 Å². The van der Waals surface area contributed by atoms with E-state index < -0.39 is 0 Å². The first kappa shape index (κ1) is 11.7. The molecular weight excluding hydrogens is 270 g/mol. The average molecular weight is 286 g/mol. The normalized spacial score (nSPS) is 19.8. The Bertz CT molecular complexity index is 364. The third-order valence-electron chi connectivity index (χ3n) is 2.62. The number of aromatic nitrogens is 1. The highest BCUT2D eigenvalue weighted by Crippen LogP contribution is 2.27. The Balaban J connectivity index is 2.18. The fourth-order valence-electron chi connectivity index (χ4n) is 1.77. The highest BCUT2D eigenvalue weighted by Gasteiger charge is 2.17. The van der Waals surface area contributed by atoms with E-state index in [1.165, 1.54) is 0 Å². The van der Waals surface area contributed by atoms with Crippen molar-refractivity contribution in [2.45, 2.75) is 12.5 Å². The molecule has 0 spiro atoms. The van der Waals surface area contributed by atoms with Crippen LogP contribution in [0.25, 0.3) is 0 Å². The van der Waals surface area contributed by atoms with E-state index in [9.17, 15) is 0 Å². The molecule has 0 aromatic carbocycles. The van der Waals surface area contributed by atoms with Crippen LogP contribution in [0.3, 0.4) is 0 Å². The van der Waals surface area contributed by atoms with Crippen molar-refractivity contribution in [1.82, 2.24) is 4.98 Å². The van der Waals surface area contributed by atoms with E-state index >= 15 is 0 Å². The maximum atomic E-state index is 5.35. The quantitative estimate of drug-likeness (QED) is 0.864. The predicted octanol–water partition coefficient (Wildman–Crippen LogP) is 2.11. The largest absolute Gasteiger partial charge is 0.379 e. The second-order valence-electron chi connectivity index (χ2n) is 4.12. The summed E-state index contributed by atoms with van der Waals surface area (Å²) < 4.78 is 6.20. The van der Waals surface area contributed by atoms with E-state index in [1.807, 2.05) is 26.4 Å². The Morgan fingerprint density at radius 1 is 1.56 bits per heavy atom. The highest BCUT2D eigenvalue weighted by molar-refractivity contribution is 9.10. The molecular formula is C11H16BrN3O. The van der Waals surface area contributed by atoms with Crippen molar-refractivity contribution >= 4 is 27.3 Å². The van der Waals surface area contributed by atoms with E-state index in [1.54, 1.807) is 0 Å². The molecule has 0 aliphatic carbocycles. The van der Waals surface area contributed by atoms with Gasteiger partial charge in [0.05, 0.1) is 30.2 Å². The molecule has 1 fully saturated rings. The molecule has 1 N–H and O–H groups in total. The van der Waals surface area contributed by atoms with Gasteiger partial charge in [0.15, 0.2) is 0 Å². The number of nitrogens with zero attached hydrogens (tertiary/aromatic N) is 2. The van der Waals surface area contributed by atoms with Gasteiger partial charge in [-0.2, -0.15) is 0 Å². The van der Waals surface area contributed by atoms with E-state index in [0.717, 1.165) is 35.6 Å². The zero-order valence-electron chi connectivity index (χ0n) is 9.53. The van der Waals surface area contributed by atoms with Gasteiger partial charge < -0.3 is 15.0 Å². The van der Waals surface area contributed by atoms with Crippen LogP contribution in [0.5, 0.6) is 0 Å². The summed E-state index contributed by atoms with van der Waals surface area (Å²) in [6, 6.07) is 2.42. The van der Waals surface area contributed by atoms with Gasteiger partial charge >= 0.3 is 0 Å². The van der Waals surface area contributed by atoms with Crippen LogP contribution in [0.15, 0.2) is 16.9 Å². The van der Waals surface area contributed by atoms with Gasteiger partial charge in [0.25, 0.3) is 0 Å². The molecule has 4 nitrogen and oxygen atoms in total. The van der Waals surface area contributed by atoms with Crippen LogP contribution in [0.1, 0.15) is 6.42 Å². The molecule has 1 aliphatic rings. The van der Waals surface area contributed by atoms with Crippen LogP contribution in [-0.4, -0.2) is 38.3 Å². The summed E-state index contributed by atoms with van der Waals surface area (Å²) in [6.07, 6.45) is 2.92. The predicted molar refractivity (Wildman–Crippen MR) is 69.1 cm³/mol. The molecule has 2 rings (SSSR count). The van der Waals surface area contributed by atoms with E-state index in [4.69, 9.17) is 4.74 Å². The molecule has 1 unspecified atom stereocenters. The minimum absolute atomic E-state index is 0.404. The van der Waals surface area contributed by atoms with Gasteiger partial charge in [0, 0.05) is 20.7 Å². The summed E-state index contributed by atoms with van der Waals surface area (Å²) >= 11 is 3.39. The first-order valence-electron chi connectivity index (χ1n) is 5.34. The number of halogens is 1. The van der Waals surface area contributed by atoms with Gasteiger partial charge in [-0.1, -0.05) is 0 Å². The topological polar surface area (TPSA) is 37.4 Å². The van der Waals surface area contributed by atoms with E-state index in [-0.39, 0.29) is 0 Å². The van der Waals surface area contributed by atoms with Crippen molar-refractivity contribution in [1.29, 1.82) is 0 Å². The van der Waals surface area contributed by atoms with Gasteiger partial charge in [0.2, 0.25) is 0 Å². The van der Waals surface area contributed by atoms with Gasteiger partial charge in [-0.15, -0.1) is 0 Å². The Labute approximate surface area is 104 Å². The van der Waals surface area contributed by atoms with Crippen molar-refractivity contribution in [3.63, 3.8) is 0 Å². The van der Waals surface area contributed by atoms with Gasteiger partial charge in [-0.3, -0.25) is 0 Å². The molecule has 1 saturated heterocycles. The summed E-state index contributed by atoms with van der Waals surface area (Å²) in [4.78, 5) is 6.32. The van der Waals surface area contributed by atoms with Crippen LogP contribution >= 0.6 is 15.9 Å². The van der Waals surface area contributed by atoms with Gasteiger partial charge in [-0.25, -0.2) is 4.98 Å². The number of hydrogen-bond donors (Lipinski definition) is 1. The summed E-state index contributed by atoms with van der Waals surface area (Å²) in [5.41, 5.74) is 2.19. The third-order valence-corrected chi connectivity index (χ3v) is 3.05. The van der Waals surface area contributed by atoms with Crippen LogP contribution in [0.2, 0.25) is 0 Å². The first-order chi connectivity index (χ1) is 7.66. The number of nitrogens with one attached hydrogen (secondary N) is 1. The van der Waals surface area contributed by atoms with Gasteiger partial charge in [0.1, 0.15) is 4.60 Å². The van der Waals surface area contributed by atoms with Crippen LogP contribution in [-0.2, 0) is 4.74 Å². The molecule has 88 valence electrons. The smallest absolute Gasteiger partial charge is 0.108 e. The molecule has 2 heterocycles. The molecule has 16 heavy (non-hydrogen) atoms. The molecule has 0 bridgehead atoms. The molecule has 0 radical (unpaired) electrons. The fourth-order valence-corrected chi connectivity index (χ4v) is 2.09. The van der Waals surface area contributed by atoms with Crippen molar-refractivity contribution in [3.05, 3.63) is 16.9 Å². The number of ether oxygens (including phenoxy) is 1. The standard InChI is InChI=1S/C11H16BrN3O/c1-15(2)10-5-11(12)13-6-9(10)14-8-3-4-16-7-8/h5-6,8,14H,3-4,7H2,1-2H3. The molecule has 0 saturated carbocycles. The molecule has 1 atom stereocenters. The maximum Gasteiger partial charge on any atom is 0.108 e. The van der Waals surface area contributed by atoms with Crippen molar-refractivity contribution in [3.8, 4) is 0 Å². The lowest BCUT2D eigenvalue weighted by atomic mass is 10.2. The fraction of sp³-hybridized carbons (Fsp3) is 0.545. The Morgan fingerprint density at radius 3 is 3.00 bits per heavy atom. The number of anilines is 2. The summed E-state index contributed by atoms with van der Waals surface area (Å²) in [5.74, 6) is 0. The lowest BCUT2D eigenvalue weighted by Gasteiger charge is -2.20. The number of rotatable bonds is 3. The second-order valence-corrected chi connectivity index (χ2v) is 4.94. The molecule has 0 amide bonds. The maximum absolute atomic E-state index is 5.35. The third kappa shape index (κ3) is 2.65. The average Bonchev–Trinajstić information content (AvgIpc) is 2.73. The SMILES string of the molecule is CN(C)c1cc(Br)ncc1NC1CCOC1. The first-order valence-corrected chi connectivity index (χ1v) is 6.13. The number of pyridine rings is 1.